The summed E-state index contributed by atoms with van der Waals surface area (Å²) in [4.78, 5) is 36.7. The molecule has 0 fully saturated rings. The van der Waals surface area contributed by atoms with Gasteiger partial charge in [-0.15, -0.1) is 0 Å². The van der Waals surface area contributed by atoms with Crippen molar-refractivity contribution in [3.63, 3.8) is 0 Å². The standard InChI is InChI=1S/C28H29NO5/c1-18-5-8-22(9-6-18)28(32)21(4)33-27(31)16-15-26(30)29-23-10-13-24(14-11-23)34-25-12-7-19(2)20(3)17-25/h5-14,17,21H,15-16H2,1-4H3,(H,29,30). The van der Waals surface area contributed by atoms with Crippen molar-refractivity contribution >= 4 is 23.3 Å². The molecule has 1 N–H and O–H groups in total. The summed E-state index contributed by atoms with van der Waals surface area (Å²) in [6.45, 7) is 7.53. The lowest BCUT2D eigenvalue weighted by atomic mass is 10.1. The Morgan fingerprint density at radius 2 is 1.44 bits per heavy atom. The monoisotopic (exact) mass is 459 g/mol. The minimum atomic E-state index is -0.914. The first-order chi connectivity index (χ1) is 16.2. The average Bonchev–Trinajstić information content (AvgIpc) is 2.81. The molecule has 0 saturated heterocycles. The molecule has 3 aromatic carbocycles. The van der Waals surface area contributed by atoms with E-state index in [1.165, 1.54) is 12.5 Å². The number of Topliss-reactive ketones (excluding diaryl/α,β-unsaturated/α-hetero) is 1. The van der Waals surface area contributed by atoms with Gasteiger partial charge in [0, 0.05) is 17.7 Å². The van der Waals surface area contributed by atoms with Gasteiger partial charge in [-0.2, -0.15) is 0 Å². The summed E-state index contributed by atoms with van der Waals surface area (Å²) in [5.41, 5.74) is 4.45. The van der Waals surface area contributed by atoms with E-state index in [4.69, 9.17) is 9.47 Å². The van der Waals surface area contributed by atoms with Crippen LogP contribution in [-0.4, -0.2) is 23.8 Å². The van der Waals surface area contributed by atoms with E-state index in [0.29, 0.717) is 17.0 Å². The second-order valence-corrected chi connectivity index (χ2v) is 8.28. The molecule has 3 aromatic rings. The Kier molecular flexibility index (Phi) is 8.19. The van der Waals surface area contributed by atoms with E-state index < -0.39 is 12.1 Å². The number of anilines is 1. The Balaban J connectivity index is 1.44. The highest BCUT2D eigenvalue weighted by Crippen LogP contribution is 2.25. The van der Waals surface area contributed by atoms with Crippen LogP contribution in [0.3, 0.4) is 0 Å². The molecule has 0 saturated carbocycles. The summed E-state index contributed by atoms with van der Waals surface area (Å²) in [6, 6.07) is 19.9. The van der Waals surface area contributed by atoms with Crippen LogP contribution in [0.15, 0.2) is 66.7 Å². The molecule has 0 aliphatic rings. The van der Waals surface area contributed by atoms with Crippen molar-refractivity contribution in [2.75, 3.05) is 5.32 Å². The Hall–Kier alpha value is -3.93. The Morgan fingerprint density at radius 3 is 2.09 bits per heavy atom. The molecule has 176 valence electrons. The Labute approximate surface area is 199 Å². The number of esters is 1. The predicted octanol–water partition coefficient (Wildman–Crippen LogP) is 5.94. The molecule has 34 heavy (non-hydrogen) atoms. The number of benzene rings is 3. The van der Waals surface area contributed by atoms with Crippen molar-refractivity contribution in [2.24, 2.45) is 0 Å². The SMILES string of the molecule is Cc1ccc(C(=O)C(C)OC(=O)CCC(=O)Nc2ccc(Oc3ccc(C)c(C)c3)cc2)cc1. The van der Waals surface area contributed by atoms with Gasteiger partial charge in [0.15, 0.2) is 6.10 Å². The fourth-order valence-electron chi connectivity index (χ4n) is 3.22. The topological polar surface area (TPSA) is 81.7 Å². The lowest BCUT2D eigenvalue weighted by molar-refractivity contribution is -0.147. The second-order valence-electron chi connectivity index (χ2n) is 8.28. The molecule has 1 atom stereocenters. The molecule has 0 spiro atoms. The molecular formula is C28H29NO5. The number of aryl methyl sites for hydroxylation is 3. The normalized spacial score (nSPS) is 11.4. The first-order valence-electron chi connectivity index (χ1n) is 11.2. The Bertz CT molecular complexity index is 1170. The van der Waals surface area contributed by atoms with Crippen LogP contribution >= 0.6 is 0 Å². The zero-order valence-electron chi connectivity index (χ0n) is 19.9. The quantitative estimate of drug-likeness (QED) is 0.316. The van der Waals surface area contributed by atoms with Gasteiger partial charge >= 0.3 is 5.97 Å². The highest BCUT2D eigenvalue weighted by molar-refractivity contribution is 6.00. The smallest absolute Gasteiger partial charge is 0.307 e. The van der Waals surface area contributed by atoms with Crippen LogP contribution in [0, 0.1) is 20.8 Å². The molecule has 1 amide bonds. The predicted molar refractivity (Wildman–Crippen MR) is 131 cm³/mol. The molecule has 1 unspecified atom stereocenters. The Morgan fingerprint density at radius 1 is 0.794 bits per heavy atom. The van der Waals surface area contributed by atoms with Crippen LogP contribution in [0.5, 0.6) is 11.5 Å². The van der Waals surface area contributed by atoms with Gasteiger partial charge in [0.05, 0.1) is 6.42 Å². The molecule has 0 bridgehead atoms. The van der Waals surface area contributed by atoms with E-state index in [9.17, 15) is 14.4 Å². The van der Waals surface area contributed by atoms with E-state index in [-0.39, 0.29) is 24.5 Å². The van der Waals surface area contributed by atoms with Crippen molar-refractivity contribution in [3.8, 4) is 11.5 Å². The van der Waals surface area contributed by atoms with Crippen LogP contribution in [0.25, 0.3) is 0 Å². The number of hydrogen-bond acceptors (Lipinski definition) is 5. The third kappa shape index (κ3) is 7.04. The van der Waals surface area contributed by atoms with Crippen LogP contribution < -0.4 is 10.1 Å². The van der Waals surface area contributed by atoms with E-state index >= 15 is 0 Å². The summed E-state index contributed by atoms with van der Waals surface area (Å²) >= 11 is 0. The van der Waals surface area contributed by atoms with E-state index in [1.54, 1.807) is 36.4 Å². The van der Waals surface area contributed by atoms with Crippen molar-refractivity contribution in [3.05, 3.63) is 89.0 Å². The average molecular weight is 460 g/mol. The van der Waals surface area contributed by atoms with Gasteiger partial charge in [-0.25, -0.2) is 0 Å². The molecule has 0 radical (unpaired) electrons. The van der Waals surface area contributed by atoms with Crippen molar-refractivity contribution in [1.82, 2.24) is 0 Å². The fraction of sp³-hybridized carbons (Fsp3) is 0.250. The zero-order valence-corrected chi connectivity index (χ0v) is 19.9. The third-order valence-electron chi connectivity index (χ3n) is 5.42. The van der Waals surface area contributed by atoms with Gasteiger partial charge in [-0.3, -0.25) is 14.4 Å². The molecule has 6 nitrogen and oxygen atoms in total. The highest BCUT2D eigenvalue weighted by atomic mass is 16.5. The lowest BCUT2D eigenvalue weighted by Gasteiger charge is -2.13. The van der Waals surface area contributed by atoms with Crippen LogP contribution in [0.4, 0.5) is 5.69 Å². The van der Waals surface area contributed by atoms with Gasteiger partial charge in [0.25, 0.3) is 0 Å². The van der Waals surface area contributed by atoms with Gasteiger partial charge in [-0.1, -0.05) is 35.9 Å². The highest BCUT2D eigenvalue weighted by Gasteiger charge is 2.20. The second kappa shape index (κ2) is 11.3. The number of rotatable bonds is 9. The summed E-state index contributed by atoms with van der Waals surface area (Å²) in [5.74, 6) is 0.198. The summed E-state index contributed by atoms with van der Waals surface area (Å²) in [5, 5.41) is 2.74. The minimum absolute atomic E-state index is 0.0504. The molecule has 0 aliphatic carbocycles. The first kappa shape index (κ1) is 24.7. The van der Waals surface area contributed by atoms with Gasteiger partial charge in [0.2, 0.25) is 11.7 Å². The molecule has 0 aliphatic heterocycles. The molecule has 0 aromatic heterocycles. The molecule has 3 rings (SSSR count). The summed E-state index contributed by atoms with van der Waals surface area (Å²) in [7, 11) is 0. The maximum atomic E-state index is 12.4. The van der Waals surface area contributed by atoms with Crippen LogP contribution in [-0.2, 0) is 14.3 Å². The number of amides is 1. The first-order valence-corrected chi connectivity index (χ1v) is 11.2. The van der Waals surface area contributed by atoms with Crippen molar-refractivity contribution < 1.29 is 23.9 Å². The van der Waals surface area contributed by atoms with Crippen LogP contribution in [0.1, 0.15) is 46.8 Å². The molecule has 0 heterocycles. The third-order valence-corrected chi connectivity index (χ3v) is 5.42. The number of hydrogen-bond donors (Lipinski definition) is 1. The van der Waals surface area contributed by atoms with Crippen molar-refractivity contribution in [2.45, 2.75) is 46.6 Å². The minimum Gasteiger partial charge on any atom is -0.457 e. The number of carbonyl (C=O) groups is 3. The van der Waals surface area contributed by atoms with Crippen LogP contribution in [0.2, 0.25) is 0 Å². The lowest BCUT2D eigenvalue weighted by Crippen LogP contribution is -2.25. The van der Waals surface area contributed by atoms with E-state index in [1.807, 2.05) is 51.1 Å². The van der Waals surface area contributed by atoms with Gasteiger partial charge in [-0.05, 0) is 75.2 Å². The maximum absolute atomic E-state index is 12.4. The fourth-order valence-corrected chi connectivity index (χ4v) is 3.22. The number of carbonyl (C=O) groups excluding carboxylic acids is 3. The van der Waals surface area contributed by atoms with E-state index in [0.717, 1.165) is 16.9 Å². The zero-order chi connectivity index (χ0) is 24.7. The number of nitrogens with one attached hydrogen (secondary N) is 1. The van der Waals surface area contributed by atoms with Gasteiger partial charge in [0.1, 0.15) is 11.5 Å². The largest absolute Gasteiger partial charge is 0.457 e. The summed E-state index contributed by atoms with van der Waals surface area (Å²) < 4.78 is 11.0. The summed E-state index contributed by atoms with van der Waals surface area (Å²) in [6.07, 6.45) is -1.08. The van der Waals surface area contributed by atoms with Crippen molar-refractivity contribution in [1.29, 1.82) is 0 Å². The van der Waals surface area contributed by atoms with Gasteiger partial charge < -0.3 is 14.8 Å². The molecule has 6 heteroatoms. The number of ether oxygens (including phenoxy) is 2. The molecular weight excluding hydrogens is 430 g/mol. The number of ketones is 1. The van der Waals surface area contributed by atoms with E-state index in [2.05, 4.69) is 5.32 Å². The maximum Gasteiger partial charge on any atom is 0.307 e.